The minimum atomic E-state index is 0.0546. The van der Waals surface area contributed by atoms with Crippen LogP contribution in [0.1, 0.15) is 29.2 Å². The summed E-state index contributed by atoms with van der Waals surface area (Å²) in [5.74, 6) is 0.932. The van der Waals surface area contributed by atoms with Gasteiger partial charge in [0, 0.05) is 17.9 Å². The highest BCUT2D eigenvalue weighted by Crippen LogP contribution is 2.35. The van der Waals surface area contributed by atoms with Gasteiger partial charge in [0.2, 0.25) is 5.96 Å². The lowest BCUT2D eigenvalue weighted by Crippen LogP contribution is -2.37. The summed E-state index contributed by atoms with van der Waals surface area (Å²) in [6.07, 6.45) is 0. The molecule has 1 N–H and O–H groups in total. The van der Waals surface area contributed by atoms with Crippen molar-refractivity contribution in [1.29, 1.82) is 0 Å². The predicted octanol–water partition coefficient (Wildman–Crippen LogP) is 3.98. The zero-order valence-electron chi connectivity index (χ0n) is 16.5. The van der Waals surface area contributed by atoms with Gasteiger partial charge in [0.1, 0.15) is 0 Å². The van der Waals surface area contributed by atoms with Crippen LogP contribution < -0.4 is 9.80 Å². The highest BCUT2D eigenvalue weighted by atomic mass is 16.3. The Hall–Kier alpha value is -2.33. The quantitative estimate of drug-likeness (QED) is 0.905. The average Bonchev–Trinajstić information content (AvgIpc) is 2.89. The Balaban J connectivity index is 2.15. The molecule has 1 heterocycles. The third-order valence-electron chi connectivity index (χ3n) is 5.09. The Labute approximate surface area is 156 Å². The van der Waals surface area contributed by atoms with Gasteiger partial charge in [-0.3, -0.25) is 0 Å². The van der Waals surface area contributed by atoms with Crippen molar-refractivity contribution in [2.75, 3.05) is 29.5 Å². The number of hydrogen-bond acceptors (Lipinski definition) is 2. The molecule has 138 valence electrons. The van der Waals surface area contributed by atoms with E-state index >= 15 is 0 Å². The number of para-hydroxylation sites is 2. The monoisotopic (exact) mass is 351 g/mol. The number of nitrogens with zero attached hydrogens (tertiary/aromatic N) is 3. The van der Waals surface area contributed by atoms with E-state index in [4.69, 9.17) is 4.99 Å². The fraction of sp³-hybridized carbons (Fsp3) is 0.409. The van der Waals surface area contributed by atoms with Crippen molar-refractivity contribution >= 4 is 17.3 Å². The van der Waals surface area contributed by atoms with Crippen LogP contribution in [0, 0.1) is 27.7 Å². The first-order chi connectivity index (χ1) is 12.5. The van der Waals surface area contributed by atoms with E-state index in [-0.39, 0.29) is 6.61 Å². The van der Waals surface area contributed by atoms with Crippen LogP contribution in [-0.2, 0) is 0 Å². The first-order valence-corrected chi connectivity index (χ1v) is 9.30. The van der Waals surface area contributed by atoms with Crippen LogP contribution in [0.4, 0.5) is 11.4 Å². The molecule has 0 saturated carbocycles. The van der Waals surface area contributed by atoms with Gasteiger partial charge in [0.25, 0.3) is 0 Å². The number of benzene rings is 2. The Morgan fingerprint density at radius 1 is 0.923 bits per heavy atom. The minimum absolute atomic E-state index is 0.0546. The SMILES string of the molecule is Cc1cccc(C)c1N1CC(C)N(c2c(C)cccc2C)C1=NCCO. The summed E-state index contributed by atoms with van der Waals surface area (Å²) in [6.45, 7) is 12.2. The van der Waals surface area contributed by atoms with Crippen LogP contribution in [0.5, 0.6) is 0 Å². The van der Waals surface area contributed by atoms with Crippen molar-refractivity contribution in [3.63, 3.8) is 0 Å². The molecule has 1 unspecified atom stereocenters. The second kappa shape index (κ2) is 7.50. The number of hydrogen-bond donors (Lipinski definition) is 1. The van der Waals surface area contributed by atoms with Crippen molar-refractivity contribution in [2.45, 2.75) is 40.7 Å². The molecular weight excluding hydrogens is 322 g/mol. The van der Waals surface area contributed by atoms with Crippen LogP contribution in [0.3, 0.4) is 0 Å². The molecule has 1 aliphatic heterocycles. The lowest BCUT2D eigenvalue weighted by molar-refractivity contribution is 0.307. The first kappa shape index (κ1) is 18.5. The Bertz CT molecular complexity index is 788. The summed E-state index contributed by atoms with van der Waals surface area (Å²) in [7, 11) is 0. The summed E-state index contributed by atoms with van der Waals surface area (Å²) < 4.78 is 0. The number of aryl methyl sites for hydroxylation is 4. The molecule has 0 aromatic heterocycles. The van der Waals surface area contributed by atoms with Gasteiger partial charge in [-0.1, -0.05) is 36.4 Å². The Morgan fingerprint density at radius 2 is 1.42 bits per heavy atom. The molecule has 0 radical (unpaired) electrons. The van der Waals surface area contributed by atoms with Crippen molar-refractivity contribution < 1.29 is 5.11 Å². The number of aliphatic hydroxyl groups is 1. The largest absolute Gasteiger partial charge is 0.394 e. The Kier molecular flexibility index (Phi) is 5.33. The van der Waals surface area contributed by atoms with Crippen molar-refractivity contribution in [3.05, 3.63) is 58.7 Å². The normalized spacial score (nSPS) is 18.8. The van der Waals surface area contributed by atoms with E-state index in [0.29, 0.717) is 12.6 Å². The molecule has 2 aromatic carbocycles. The van der Waals surface area contributed by atoms with Gasteiger partial charge in [-0.05, 0) is 56.9 Å². The molecule has 26 heavy (non-hydrogen) atoms. The third kappa shape index (κ3) is 3.21. The molecule has 0 amide bonds. The number of aliphatic hydroxyl groups excluding tert-OH is 1. The zero-order chi connectivity index (χ0) is 18.8. The lowest BCUT2D eigenvalue weighted by Gasteiger charge is -2.29. The number of aliphatic imine (C=N–C) groups is 1. The third-order valence-corrected chi connectivity index (χ3v) is 5.09. The van der Waals surface area contributed by atoms with E-state index in [9.17, 15) is 5.11 Å². The maximum Gasteiger partial charge on any atom is 0.206 e. The average molecular weight is 351 g/mol. The van der Waals surface area contributed by atoms with Gasteiger partial charge in [0.15, 0.2) is 0 Å². The zero-order valence-corrected chi connectivity index (χ0v) is 16.5. The highest BCUT2D eigenvalue weighted by Gasteiger charge is 2.36. The van der Waals surface area contributed by atoms with E-state index in [1.165, 1.54) is 33.6 Å². The van der Waals surface area contributed by atoms with Gasteiger partial charge >= 0.3 is 0 Å². The van der Waals surface area contributed by atoms with E-state index in [2.05, 4.69) is 80.8 Å². The fourth-order valence-electron chi connectivity index (χ4n) is 3.99. The van der Waals surface area contributed by atoms with Gasteiger partial charge in [-0.2, -0.15) is 0 Å². The van der Waals surface area contributed by atoms with Crippen molar-refractivity contribution in [2.24, 2.45) is 4.99 Å². The molecule has 0 spiro atoms. The van der Waals surface area contributed by atoms with Crippen molar-refractivity contribution in [3.8, 4) is 0 Å². The molecule has 4 heteroatoms. The smallest absolute Gasteiger partial charge is 0.206 e. The molecular formula is C22H29N3O. The van der Waals surface area contributed by atoms with Crippen LogP contribution in [0.2, 0.25) is 0 Å². The molecule has 0 bridgehead atoms. The molecule has 1 saturated heterocycles. The maximum absolute atomic E-state index is 9.38. The number of anilines is 2. The van der Waals surface area contributed by atoms with Gasteiger partial charge in [0.05, 0.1) is 19.2 Å². The molecule has 1 aliphatic rings. The molecule has 0 aliphatic carbocycles. The first-order valence-electron chi connectivity index (χ1n) is 9.30. The minimum Gasteiger partial charge on any atom is -0.394 e. The van der Waals surface area contributed by atoms with Crippen LogP contribution in [0.25, 0.3) is 0 Å². The number of rotatable bonds is 4. The summed E-state index contributed by atoms with van der Waals surface area (Å²) in [5.41, 5.74) is 7.44. The van der Waals surface area contributed by atoms with Crippen LogP contribution >= 0.6 is 0 Å². The topological polar surface area (TPSA) is 39.1 Å². The Morgan fingerprint density at radius 3 is 1.92 bits per heavy atom. The van der Waals surface area contributed by atoms with E-state index in [1.807, 2.05) is 0 Å². The van der Waals surface area contributed by atoms with E-state index < -0.39 is 0 Å². The fourth-order valence-corrected chi connectivity index (χ4v) is 3.99. The summed E-state index contributed by atoms with van der Waals surface area (Å²) in [5, 5.41) is 9.38. The van der Waals surface area contributed by atoms with Gasteiger partial charge < -0.3 is 14.9 Å². The summed E-state index contributed by atoms with van der Waals surface area (Å²) in [4.78, 5) is 9.45. The van der Waals surface area contributed by atoms with E-state index in [1.54, 1.807) is 0 Å². The maximum atomic E-state index is 9.38. The van der Waals surface area contributed by atoms with Gasteiger partial charge in [-0.25, -0.2) is 4.99 Å². The molecule has 1 fully saturated rings. The standard InChI is InChI=1S/C22H29N3O/c1-15-8-6-9-16(2)20(15)24-14-19(5)25(22(24)23-12-13-26)21-17(3)10-7-11-18(21)4/h6-11,19,26H,12-14H2,1-5H3. The second-order valence-corrected chi connectivity index (χ2v) is 7.22. The summed E-state index contributed by atoms with van der Waals surface area (Å²) in [6, 6.07) is 13.1. The molecule has 2 aromatic rings. The molecule has 4 nitrogen and oxygen atoms in total. The lowest BCUT2D eigenvalue weighted by atomic mass is 10.1. The molecule has 3 rings (SSSR count). The van der Waals surface area contributed by atoms with Crippen LogP contribution in [0.15, 0.2) is 41.4 Å². The second-order valence-electron chi connectivity index (χ2n) is 7.22. The van der Waals surface area contributed by atoms with E-state index in [0.717, 1.165) is 12.5 Å². The van der Waals surface area contributed by atoms with Crippen molar-refractivity contribution in [1.82, 2.24) is 0 Å². The highest BCUT2D eigenvalue weighted by molar-refractivity contribution is 6.11. The number of guanidine groups is 1. The summed E-state index contributed by atoms with van der Waals surface area (Å²) >= 11 is 0. The predicted molar refractivity (Wildman–Crippen MR) is 111 cm³/mol. The molecule has 1 atom stereocenters. The van der Waals surface area contributed by atoms with Crippen LogP contribution in [-0.4, -0.2) is 36.8 Å². The van der Waals surface area contributed by atoms with Gasteiger partial charge in [-0.15, -0.1) is 0 Å².